The number of rotatable bonds is 7. The Hall–Kier alpha value is -0.390. The quantitative estimate of drug-likeness (QED) is 0.714. The van der Waals surface area contributed by atoms with Crippen LogP contribution in [0.25, 0.3) is 4.13 Å². The van der Waals surface area contributed by atoms with Gasteiger partial charge in [0.15, 0.2) is 10.0 Å². The van der Waals surface area contributed by atoms with E-state index in [1.807, 2.05) is 4.13 Å². The van der Waals surface area contributed by atoms with E-state index in [0.29, 0.717) is 17.1 Å². The fourth-order valence-electron chi connectivity index (χ4n) is 1.05. The van der Waals surface area contributed by atoms with Crippen LogP contribution >= 0.6 is 0 Å². The van der Waals surface area contributed by atoms with Crippen LogP contribution in [-0.4, -0.2) is 39.7 Å². The normalized spacial score (nSPS) is 14.1. The largest absolute Gasteiger partial charge is 0.480 e. The van der Waals surface area contributed by atoms with Crippen molar-refractivity contribution in [3.8, 4) is 0 Å². The highest BCUT2D eigenvalue weighted by molar-refractivity contribution is 8.11. The second kappa shape index (κ2) is 6.17. The Kier molecular flexibility index (Phi) is 6.04. The zero-order valence-corrected chi connectivity index (χ0v) is 11.4. The van der Waals surface area contributed by atoms with Gasteiger partial charge in [-0.2, -0.15) is 13.2 Å². The molecule has 11 heteroatoms. The summed E-state index contributed by atoms with van der Waals surface area (Å²) in [5, 5.41) is 0. The van der Waals surface area contributed by atoms with E-state index >= 15 is 0 Å². The predicted molar refractivity (Wildman–Crippen MR) is 59.4 cm³/mol. The molecule has 0 heterocycles. The van der Waals surface area contributed by atoms with Gasteiger partial charge in [-0.3, -0.25) is 0 Å². The van der Waals surface area contributed by atoms with Gasteiger partial charge >= 0.3 is 5.51 Å². The highest BCUT2D eigenvalue weighted by Crippen LogP contribution is 2.31. The molecule has 0 spiro atoms. The van der Waals surface area contributed by atoms with Crippen LogP contribution in [-0.2, 0) is 20.2 Å². The van der Waals surface area contributed by atoms with Crippen molar-refractivity contribution in [3.63, 3.8) is 0 Å². The Balaban J connectivity index is 5.16. The molecule has 0 aromatic rings. The SMILES string of the molecule is CCCN(CCC)S(=O)(=O)[N-]S(=O)(=O)C(F)(F)F. The van der Waals surface area contributed by atoms with Crippen LogP contribution in [0, 0.1) is 0 Å². The summed E-state index contributed by atoms with van der Waals surface area (Å²) in [5.74, 6) is 0. The first kappa shape index (κ1) is 17.6. The highest BCUT2D eigenvalue weighted by Gasteiger charge is 2.41. The lowest BCUT2D eigenvalue weighted by Gasteiger charge is -2.30. The monoisotopic (exact) mass is 311 g/mol. The van der Waals surface area contributed by atoms with Gasteiger partial charge in [-0.25, -0.2) is 21.1 Å². The molecular formula is C7H14F3N2O4S2-. The van der Waals surface area contributed by atoms with Gasteiger partial charge in [0.05, 0.1) is 0 Å². The van der Waals surface area contributed by atoms with Gasteiger partial charge in [0.25, 0.3) is 0 Å². The van der Waals surface area contributed by atoms with E-state index in [1.54, 1.807) is 13.8 Å². The number of sulfonamides is 1. The summed E-state index contributed by atoms with van der Waals surface area (Å²) in [5.41, 5.74) is -5.72. The molecule has 0 fully saturated rings. The zero-order valence-electron chi connectivity index (χ0n) is 9.81. The Labute approximate surface area is 104 Å². The maximum Gasteiger partial charge on any atom is 0.480 e. The fourth-order valence-corrected chi connectivity index (χ4v) is 3.59. The molecule has 0 atom stereocenters. The van der Waals surface area contributed by atoms with E-state index in [1.165, 1.54) is 0 Å². The second-order valence-corrected chi connectivity index (χ2v) is 6.79. The molecular weight excluding hydrogens is 297 g/mol. The molecule has 0 N–H and O–H groups in total. The van der Waals surface area contributed by atoms with Crippen molar-refractivity contribution in [3.05, 3.63) is 4.13 Å². The number of halogens is 3. The minimum atomic E-state index is -6.04. The molecule has 18 heavy (non-hydrogen) atoms. The molecule has 0 radical (unpaired) electrons. The minimum Gasteiger partial charge on any atom is -0.415 e. The van der Waals surface area contributed by atoms with Crippen molar-refractivity contribution in [1.82, 2.24) is 4.31 Å². The molecule has 110 valence electrons. The lowest BCUT2D eigenvalue weighted by Crippen LogP contribution is -2.35. The first-order valence-corrected chi connectivity index (χ1v) is 7.87. The average molecular weight is 311 g/mol. The van der Waals surface area contributed by atoms with E-state index in [2.05, 4.69) is 0 Å². The van der Waals surface area contributed by atoms with E-state index in [9.17, 15) is 30.0 Å². The number of nitrogens with zero attached hydrogens (tertiary/aromatic N) is 2. The van der Waals surface area contributed by atoms with Gasteiger partial charge < -0.3 is 4.13 Å². The van der Waals surface area contributed by atoms with Gasteiger partial charge in [-0.05, 0) is 12.8 Å². The van der Waals surface area contributed by atoms with Gasteiger partial charge in [0.1, 0.15) is 10.2 Å². The summed E-state index contributed by atoms with van der Waals surface area (Å²) in [6, 6.07) is 0. The molecule has 0 aromatic carbocycles. The summed E-state index contributed by atoms with van der Waals surface area (Å²) in [4.78, 5) is 0. The van der Waals surface area contributed by atoms with Crippen molar-refractivity contribution < 1.29 is 30.0 Å². The van der Waals surface area contributed by atoms with Crippen molar-refractivity contribution in [2.45, 2.75) is 32.2 Å². The standard InChI is InChI=1S/C7H14F3N2O4S2/c1-3-5-12(6-4-2)18(15,16)11-17(13,14)7(8,9)10/h3-6H2,1-2H3/q-1. The molecule has 0 saturated heterocycles. The first-order chi connectivity index (χ1) is 7.98. The summed E-state index contributed by atoms with van der Waals surface area (Å²) >= 11 is 0. The van der Waals surface area contributed by atoms with Crippen molar-refractivity contribution in [2.75, 3.05) is 13.1 Å². The third kappa shape index (κ3) is 4.71. The zero-order chi connectivity index (χ0) is 14.6. The van der Waals surface area contributed by atoms with Crippen LogP contribution in [0.5, 0.6) is 0 Å². The highest BCUT2D eigenvalue weighted by atomic mass is 32.3. The Morgan fingerprint density at radius 1 is 1.00 bits per heavy atom. The summed E-state index contributed by atoms with van der Waals surface area (Å²) in [7, 11) is -10.9. The molecule has 0 aliphatic carbocycles. The van der Waals surface area contributed by atoms with Gasteiger partial charge in [0, 0.05) is 13.1 Å². The van der Waals surface area contributed by atoms with Crippen molar-refractivity contribution in [2.24, 2.45) is 0 Å². The smallest absolute Gasteiger partial charge is 0.415 e. The van der Waals surface area contributed by atoms with Crippen LogP contribution < -0.4 is 0 Å². The topological polar surface area (TPSA) is 85.6 Å². The van der Waals surface area contributed by atoms with Crippen LogP contribution in [0.2, 0.25) is 0 Å². The number of alkyl halides is 3. The Morgan fingerprint density at radius 3 is 1.67 bits per heavy atom. The van der Waals surface area contributed by atoms with Crippen LogP contribution in [0.3, 0.4) is 0 Å². The van der Waals surface area contributed by atoms with Crippen LogP contribution in [0.1, 0.15) is 26.7 Å². The van der Waals surface area contributed by atoms with Crippen LogP contribution in [0.4, 0.5) is 13.2 Å². The van der Waals surface area contributed by atoms with E-state index in [4.69, 9.17) is 0 Å². The number of hydrogen-bond acceptors (Lipinski definition) is 4. The average Bonchev–Trinajstić information content (AvgIpc) is 2.14. The summed E-state index contributed by atoms with van der Waals surface area (Å²) in [6.07, 6.45) is 0.668. The van der Waals surface area contributed by atoms with Crippen molar-refractivity contribution in [1.29, 1.82) is 0 Å². The summed E-state index contributed by atoms with van der Waals surface area (Å²) < 4.78 is 83.0. The minimum absolute atomic E-state index is 0.0902. The van der Waals surface area contributed by atoms with E-state index < -0.39 is 25.7 Å². The second-order valence-electron chi connectivity index (χ2n) is 3.37. The third-order valence-electron chi connectivity index (χ3n) is 1.76. The Morgan fingerprint density at radius 2 is 1.39 bits per heavy atom. The van der Waals surface area contributed by atoms with Crippen LogP contribution in [0.15, 0.2) is 0 Å². The summed E-state index contributed by atoms with van der Waals surface area (Å²) in [6.45, 7) is 3.03. The van der Waals surface area contributed by atoms with Crippen molar-refractivity contribution >= 4 is 20.2 Å². The molecule has 0 saturated carbocycles. The molecule has 0 rings (SSSR count). The molecule has 0 aliphatic rings. The molecule has 0 bridgehead atoms. The van der Waals surface area contributed by atoms with Gasteiger partial charge in [-0.1, -0.05) is 13.8 Å². The third-order valence-corrected chi connectivity index (χ3v) is 4.90. The first-order valence-electron chi connectivity index (χ1n) is 5.03. The van der Waals surface area contributed by atoms with E-state index in [-0.39, 0.29) is 13.1 Å². The lowest BCUT2D eigenvalue weighted by atomic mass is 10.4. The lowest BCUT2D eigenvalue weighted by molar-refractivity contribution is -0.0425. The molecule has 0 unspecified atom stereocenters. The molecule has 0 amide bonds. The predicted octanol–water partition coefficient (Wildman–Crippen LogP) is 1.58. The molecule has 0 aliphatic heterocycles. The number of hydrogen-bond donors (Lipinski definition) is 0. The maximum atomic E-state index is 12.0. The Bertz CT molecular complexity index is 452. The fraction of sp³-hybridized carbons (Fsp3) is 1.00. The van der Waals surface area contributed by atoms with Gasteiger partial charge in [0.2, 0.25) is 0 Å². The van der Waals surface area contributed by atoms with Gasteiger partial charge in [-0.15, -0.1) is 0 Å². The maximum absolute atomic E-state index is 12.0. The van der Waals surface area contributed by atoms with E-state index in [0.717, 1.165) is 0 Å². The molecule has 6 nitrogen and oxygen atoms in total. The molecule has 0 aromatic heterocycles.